The highest BCUT2D eigenvalue weighted by Crippen LogP contribution is 2.16. The molecule has 1 aromatic heterocycles. The minimum absolute atomic E-state index is 0.0906. The molecule has 1 fully saturated rings. The average molecular weight is 404 g/mol. The quantitative estimate of drug-likeness (QED) is 0.628. The third-order valence-corrected chi connectivity index (χ3v) is 5.54. The van der Waals surface area contributed by atoms with Crippen LogP contribution in [0.4, 0.5) is 5.69 Å². The molecule has 0 aliphatic carbocycles. The third-order valence-electron chi connectivity index (χ3n) is 5.54. The fourth-order valence-corrected chi connectivity index (χ4v) is 3.78. The number of para-hydroxylation sites is 1. The van der Waals surface area contributed by atoms with Crippen molar-refractivity contribution in [1.29, 1.82) is 0 Å². The van der Waals surface area contributed by atoms with E-state index in [9.17, 15) is 4.79 Å². The average Bonchev–Trinajstić information content (AvgIpc) is 3.29. The zero-order valence-corrected chi connectivity index (χ0v) is 17.3. The maximum absolute atomic E-state index is 12.2. The Morgan fingerprint density at radius 2 is 1.60 bits per heavy atom. The number of nitrogens with one attached hydrogen (secondary N) is 1. The fraction of sp³-hybridized carbons (Fsp3) is 0.333. The summed E-state index contributed by atoms with van der Waals surface area (Å²) in [6, 6.07) is 20.6. The first-order valence-corrected chi connectivity index (χ1v) is 10.6. The number of carbonyl (C=O) groups is 1. The lowest BCUT2D eigenvalue weighted by atomic mass is 10.2. The molecule has 0 saturated carbocycles. The van der Waals surface area contributed by atoms with E-state index in [0.29, 0.717) is 19.5 Å². The molecule has 6 nitrogen and oxygen atoms in total. The predicted molar refractivity (Wildman–Crippen MR) is 120 cm³/mol. The van der Waals surface area contributed by atoms with Crippen molar-refractivity contribution in [3.05, 3.63) is 73.2 Å². The van der Waals surface area contributed by atoms with Gasteiger partial charge in [-0.25, -0.2) is 4.98 Å². The van der Waals surface area contributed by atoms with Gasteiger partial charge in [0.25, 0.3) is 0 Å². The highest BCUT2D eigenvalue weighted by molar-refractivity contribution is 5.75. The van der Waals surface area contributed by atoms with Crippen LogP contribution in [0.5, 0.6) is 0 Å². The molecule has 3 aromatic rings. The first-order chi connectivity index (χ1) is 14.8. The van der Waals surface area contributed by atoms with Crippen molar-refractivity contribution in [1.82, 2.24) is 19.8 Å². The van der Waals surface area contributed by atoms with E-state index in [1.165, 1.54) is 5.69 Å². The lowest BCUT2D eigenvalue weighted by Crippen LogP contribution is -2.48. The van der Waals surface area contributed by atoms with Gasteiger partial charge >= 0.3 is 0 Å². The molecule has 156 valence electrons. The molecule has 1 amide bonds. The number of imidazole rings is 1. The Bertz CT molecular complexity index is 917. The summed E-state index contributed by atoms with van der Waals surface area (Å²) in [5.74, 6) is 0.0906. The fourth-order valence-electron chi connectivity index (χ4n) is 3.78. The summed E-state index contributed by atoms with van der Waals surface area (Å²) in [6.07, 6.45) is 4.25. The lowest BCUT2D eigenvalue weighted by molar-refractivity contribution is -0.121. The maximum atomic E-state index is 12.2. The highest BCUT2D eigenvalue weighted by Gasteiger charge is 2.16. The molecule has 0 atom stereocenters. The number of amides is 1. The molecular weight excluding hydrogens is 374 g/mol. The monoisotopic (exact) mass is 403 g/mol. The van der Waals surface area contributed by atoms with E-state index < -0.39 is 0 Å². The summed E-state index contributed by atoms with van der Waals surface area (Å²) < 4.78 is 1.98. The van der Waals surface area contributed by atoms with E-state index in [4.69, 9.17) is 0 Å². The highest BCUT2D eigenvalue weighted by atomic mass is 16.1. The summed E-state index contributed by atoms with van der Waals surface area (Å²) in [6.45, 7) is 6.36. The summed E-state index contributed by atoms with van der Waals surface area (Å²) in [5, 5.41) is 3.05. The van der Waals surface area contributed by atoms with E-state index in [1.54, 1.807) is 6.33 Å². The second-order valence-corrected chi connectivity index (χ2v) is 7.63. The molecule has 0 bridgehead atoms. The van der Waals surface area contributed by atoms with Gasteiger partial charge in [-0.2, -0.15) is 0 Å². The third kappa shape index (κ3) is 5.48. The maximum Gasteiger partial charge on any atom is 0.221 e. The molecule has 2 heterocycles. The molecule has 4 rings (SSSR count). The van der Waals surface area contributed by atoms with Gasteiger partial charge in [-0.1, -0.05) is 48.5 Å². The van der Waals surface area contributed by atoms with E-state index >= 15 is 0 Å². The van der Waals surface area contributed by atoms with Gasteiger partial charge in [-0.15, -0.1) is 0 Å². The largest absolute Gasteiger partial charge is 0.369 e. The van der Waals surface area contributed by atoms with Crippen LogP contribution in [0, 0.1) is 0 Å². The second-order valence-electron chi connectivity index (χ2n) is 7.63. The zero-order valence-electron chi connectivity index (χ0n) is 17.3. The van der Waals surface area contributed by atoms with Crippen LogP contribution in [-0.4, -0.2) is 59.6 Å². The van der Waals surface area contributed by atoms with Gasteiger partial charge in [0.05, 0.1) is 12.0 Å². The smallest absolute Gasteiger partial charge is 0.221 e. The Kier molecular flexibility index (Phi) is 6.77. The van der Waals surface area contributed by atoms with E-state index in [-0.39, 0.29) is 5.91 Å². The number of piperazine rings is 1. The molecule has 1 N–H and O–H groups in total. The predicted octanol–water partition coefficient (Wildman–Crippen LogP) is 2.88. The first kappa shape index (κ1) is 20.2. The Morgan fingerprint density at radius 1 is 0.900 bits per heavy atom. The van der Waals surface area contributed by atoms with Gasteiger partial charge < -0.3 is 14.8 Å². The Hall–Kier alpha value is -3.12. The first-order valence-electron chi connectivity index (χ1n) is 10.6. The van der Waals surface area contributed by atoms with Gasteiger partial charge in [0.15, 0.2) is 0 Å². The number of hydrogen-bond donors (Lipinski definition) is 1. The van der Waals surface area contributed by atoms with Crippen LogP contribution < -0.4 is 10.2 Å². The number of anilines is 1. The molecule has 1 saturated heterocycles. The van der Waals surface area contributed by atoms with Gasteiger partial charge in [0.2, 0.25) is 5.91 Å². The standard InChI is InChI=1S/C24H29N5O/c30-24(11-13-28-19-23(26-20-28)21-7-3-1-4-8-21)25-12-14-27-15-17-29(18-16-27)22-9-5-2-6-10-22/h1-10,19-20H,11-18H2,(H,25,30). The van der Waals surface area contributed by atoms with Crippen LogP contribution in [0.1, 0.15) is 6.42 Å². The van der Waals surface area contributed by atoms with Crippen molar-refractivity contribution in [3.8, 4) is 11.3 Å². The van der Waals surface area contributed by atoms with Crippen molar-refractivity contribution in [2.24, 2.45) is 0 Å². The molecule has 30 heavy (non-hydrogen) atoms. The van der Waals surface area contributed by atoms with Crippen LogP contribution in [0.15, 0.2) is 73.2 Å². The minimum Gasteiger partial charge on any atom is -0.369 e. The van der Waals surface area contributed by atoms with E-state index in [0.717, 1.165) is 44.0 Å². The number of carbonyl (C=O) groups excluding carboxylic acids is 1. The number of benzene rings is 2. The molecular formula is C24H29N5O. The van der Waals surface area contributed by atoms with Crippen molar-refractivity contribution in [3.63, 3.8) is 0 Å². The normalized spacial score (nSPS) is 14.6. The lowest BCUT2D eigenvalue weighted by Gasteiger charge is -2.36. The molecule has 0 spiro atoms. The molecule has 1 aliphatic rings. The Balaban J connectivity index is 1.13. The van der Waals surface area contributed by atoms with Crippen LogP contribution in [-0.2, 0) is 11.3 Å². The number of aromatic nitrogens is 2. The molecule has 6 heteroatoms. The SMILES string of the molecule is O=C(CCn1cnc(-c2ccccc2)c1)NCCN1CCN(c2ccccc2)CC1. The minimum atomic E-state index is 0.0906. The molecule has 0 unspecified atom stereocenters. The van der Waals surface area contributed by atoms with E-state index in [1.807, 2.05) is 41.1 Å². The van der Waals surface area contributed by atoms with E-state index in [2.05, 4.69) is 50.4 Å². The van der Waals surface area contributed by atoms with Crippen molar-refractivity contribution < 1.29 is 4.79 Å². The second kappa shape index (κ2) is 10.1. The summed E-state index contributed by atoms with van der Waals surface area (Å²) in [5.41, 5.74) is 3.32. The van der Waals surface area contributed by atoms with Crippen LogP contribution in [0.3, 0.4) is 0 Å². The van der Waals surface area contributed by atoms with Crippen LogP contribution in [0.2, 0.25) is 0 Å². The van der Waals surface area contributed by atoms with Crippen molar-refractivity contribution in [2.75, 3.05) is 44.2 Å². The van der Waals surface area contributed by atoms with Crippen molar-refractivity contribution in [2.45, 2.75) is 13.0 Å². The topological polar surface area (TPSA) is 53.4 Å². The zero-order chi connectivity index (χ0) is 20.6. The molecule has 1 aliphatic heterocycles. The van der Waals surface area contributed by atoms with Crippen LogP contribution >= 0.6 is 0 Å². The number of nitrogens with zero attached hydrogens (tertiary/aromatic N) is 4. The summed E-state index contributed by atoms with van der Waals surface area (Å²) >= 11 is 0. The Morgan fingerprint density at radius 3 is 2.33 bits per heavy atom. The Labute approximate surface area is 178 Å². The van der Waals surface area contributed by atoms with Gasteiger partial charge in [0.1, 0.15) is 0 Å². The molecule has 2 aromatic carbocycles. The summed E-state index contributed by atoms with van der Waals surface area (Å²) in [7, 11) is 0. The van der Waals surface area contributed by atoms with Gasteiger partial charge in [-0.3, -0.25) is 9.69 Å². The summed E-state index contributed by atoms with van der Waals surface area (Å²) in [4.78, 5) is 21.5. The molecule has 0 radical (unpaired) electrons. The number of hydrogen-bond acceptors (Lipinski definition) is 4. The van der Waals surface area contributed by atoms with Gasteiger partial charge in [0, 0.05) is 69.7 Å². The van der Waals surface area contributed by atoms with Crippen molar-refractivity contribution >= 4 is 11.6 Å². The van der Waals surface area contributed by atoms with Gasteiger partial charge in [-0.05, 0) is 12.1 Å². The number of rotatable bonds is 8. The number of aryl methyl sites for hydroxylation is 1. The van der Waals surface area contributed by atoms with Crippen LogP contribution in [0.25, 0.3) is 11.3 Å².